The Morgan fingerprint density at radius 2 is 2.13 bits per heavy atom. The normalized spacial score (nSPS) is 16.9. The molecule has 23 heavy (non-hydrogen) atoms. The highest BCUT2D eigenvalue weighted by Gasteiger charge is 2.42. The molecule has 0 atom stereocenters. The third-order valence-electron chi connectivity index (χ3n) is 4.31. The van der Waals surface area contributed by atoms with Crippen LogP contribution in [0.2, 0.25) is 0 Å². The first kappa shape index (κ1) is 15.3. The lowest BCUT2D eigenvalue weighted by Crippen LogP contribution is -2.52. The third-order valence-corrected chi connectivity index (χ3v) is 4.31. The van der Waals surface area contributed by atoms with Gasteiger partial charge in [-0.2, -0.15) is 5.10 Å². The molecule has 3 rings (SSSR count). The van der Waals surface area contributed by atoms with Gasteiger partial charge in [0.15, 0.2) is 0 Å². The number of amides is 2. The second-order valence-electron chi connectivity index (χ2n) is 5.78. The van der Waals surface area contributed by atoms with Gasteiger partial charge in [0.2, 0.25) is 0 Å². The van der Waals surface area contributed by atoms with Crippen molar-refractivity contribution < 1.29 is 9.59 Å². The van der Waals surface area contributed by atoms with E-state index in [0.29, 0.717) is 24.2 Å². The fourth-order valence-corrected chi connectivity index (χ4v) is 3.05. The molecule has 0 saturated carbocycles. The van der Waals surface area contributed by atoms with Gasteiger partial charge in [0.05, 0.1) is 5.69 Å². The molecule has 8 nitrogen and oxygen atoms in total. The molecule has 0 spiro atoms. The Balaban J connectivity index is 1.87. The number of carbonyl (C=O) groups is 2. The molecule has 2 amide bonds. The van der Waals surface area contributed by atoms with Gasteiger partial charge in [0.25, 0.3) is 11.8 Å². The summed E-state index contributed by atoms with van der Waals surface area (Å²) in [6.07, 6.45) is 6.46. The molecular weight excluding hydrogens is 296 g/mol. The van der Waals surface area contributed by atoms with E-state index in [1.54, 1.807) is 34.8 Å². The molecule has 8 heteroatoms. The molecule has 1 aliphatic heterocycles. The van der Waals surface area contributed by atoms with Gasteiger partial charge >= 0.3 is 0 Å². The molecule has 2 aromatic heterocycles. The van der Waals surface area contributed by atoms with Crippen molar-refractivity contribution in [1.29, 1.82) is 0 Å². The number of aryl methyl sites for hydroxylation is 1. The van der Waals surface area contributed by atoms with Crippen molar-refractivity contribution in [3.05, 3.63) is 36.4 Å². The predicted molar refractivity (Wildman–Crippen MR) is 84.9 cm³/mol. The number of hydrogen-bond acceptors (Lipinski definition) is 4. The standard InChI is InChI=1S/C15H20N6O2/c1-20-10-11(9-12(20)13(16)22)19-14(23)15(3-6-17-7-4-15)21-8-2-5-18-21/h2,5,8-10,17H,3-4,6-7H2,1H3,(H2,16,22)(H,19,23). The summed E-state index contributed by atoms with van der Waals surface area (Å²) >= 11 is 0. The molecule has 0 radical (unpaired) electrons. The van der Waals surface area contributed by atoms with Gasteiger partial charge in [-0.1, -0.05) is 0 Å². The van der Waals surface area contributed by atoms with Crippen LogP contribution in [0.15, 0.2) is 30.7 Å². The lowest BCUT2D eigenvalue weighted by Gasteiger charge is -2.36. The zero-order chi connectivity index (χ0) is 16.4. The number of hydrogen-bond donors (Lipinski definition) is 3. The number of nitrogens with one attached hydrogen (secondary N) is 2. The summed E-state index contributed by atoms with van der Waals surface area (Å²) in [6, 6.07) is 3.39. The maximum absolute atomic E-state index is 13.0. The van der Waals surface area contributed by atoms with Crippen LogP contribution >= 0.6 is 0 Å². The van der Waals surface area contributed by atoms with Gasteiger partial charge in [-0.25, -0.2) is 0 Å². The van der Waals surface area contributed by atoms with E-state index < -0.39 is 11.4 Å². The summed E-state index contributed by atoms with van der Waals surface area (Å²) in [5, 5.41) is 10.4. The van der Waals surface area contributed by atoms with E-state index in [2.05, 4.69) is 15.7 Å². The van der Waals surface area contributed by atoms with Crippen LogP contribution in [0.1, 0.15) is 23.3 Å². The average molecular weight is 316 g/mol. The topological polar surface area (TPSA) is 107 Å². The van der Waals surface area contributed by atoms with Gasteiger partial charge in [-0.3, -0.25) is 14.3 Å². The number of nitrogens with two attached hydrogens (primary N) is 1. The summed E-state index contributed by atoms with van der Waals surface area (Å²) in [4.78, 5) is 24.3. The fraction of sp³-hybridized carbons (Fsp3) is 0.400. The second-order valence-corrected chi connectivity index (χ2v) is 5.78. The smallest absolute Gasteiger partial charge is 0.265 e. The Bertz CT molecular complexity index is 712. The van der Waals surface area contributed by atoms with E-state index in [9.17, 15) is 9.59 Å². The second kappa shape index (κ2) is 5.88. The largest absolute Gasteiger partial charge is 0.364 e. The van der Waals surface area contributed by atoms with Gasteiger partial charge in [0, 0.05) is 25.6 Å². The van der Waals surface area contributed by atoms with Crippen LogP contribution in [0.4, 0.5) is 5.69 Å². The number of piperidine rings is 1. The molecule has 1 saturated heterocycles. The summed E-state index contributed by atoms with van der Waals surface area (Å²) in [5.41, 5.74) is 5.48. The fourth-order valence-electron chi connectivity index (χ4n) is 3.05. The minimum atomic E-state index is -0.725. The molecule has 1 aliphatic rings. The first-order valence-electron chi connectivity index (χ1n) is 7.51. The van der Waals surface area contributed by atoms with Crippen LogP contribution in [0, 0.1) is 0 Å². The molecule has 0 unspecified atom stereocenters. The lowest BCUT2D eigenvalue weighted by atomic mass is 9.87. The Kier molecular flexibility index (Phi) is 3.91. The van der Waals surface area contributed by atoms with Gasteiger partial charge in [0.1, 0.15) is 11.2 Å². The summed E-state index contributed by atoms with van der Waals surface area (Å²) in [5.74, 6) is -0.666. The SMILES string of the molecule is Cn1cc(NC(=O)C2(n3cccn3)CCNCC2)cc1C(N)=O. The van der Waals surface area contributed by atoms with E-state index in [1.165, 1.54) is 0 Å². The van der Waals surface area contributed by atoms with Crippen LogP contribution in [0.5, 0.6) is 0 Å². The van der Waals surface area contributed by atoms with Crippen molar-refractivity contribution >= 4 is 17.5 Å². The highest BCUT2D eigenvalue weighted by Crippen LogP contribution is 2.29. The maximum Gasteiger partial charge on any atom is 0.265 e. The Hall–Kier alpha value is -2.61. The van der Waals surface area contributed by atoms with Crippen molar-refractivity contribution in [2.45, 2.75) is 18.4 Å². The van der Waals surface area contributed by atoms with E-state index in [1.807, 2.05) is 12.3 Å². The molecule has 0 bridgehead atoms. The molecule has 3 heterocycles. The van der Waals surface area contributed by atoms with Crippen LogP contribution < -0.4 is 16.4 Å². The number of rotatable bonds is 4. The molecular formula is C15H20N6O2. The highest BCUT2D eigenvalue weighted by atomic mass is 16.2. The van der Waals surface area contributed by atoms with Gasteiger partial charge < -0.3 is 20.9 Å². The Morgan fingerprint density at radius 1 is 1.39 bits per heavy atom. The minimum Gasteiger partial charge on any atom is -0.364 e. The van der Waals surface area contributed by atoms with Gasteiger partial charge in [-0.15, -0.1) is 0 Å². The van der Waals surface area contributed by atoms with E-state index >= 15 is 0 Å². The van der Waals surface area contributed by atoms with Crippen LogP contribution in [0.25, 0.3) is 0 Å². The zero-order valence-electron chi connectivity index (χ0n) is 13.0. The zero-order valence-corrected chi connectivity index (χ0v) is 13.0. The van der Waals surface area contributed by atoms with Crippen molar-refractivity contribution in [3.8, 4) is 0 Å². The molecule has 2 aromatic rings. The number of anilines is 1. The van der Waals surface area contributed by atoms with Crippen molar-refractivity contribution in [3.63, 3.8) is 0 Å². The highest BCUT2D eigenvalue weighted by molar-refractivity contribution is 5.99. The molecule has 0 aliphatic carbocycles. The molecule has 4 N–H and O–H groups in total. The van der Waals surface area contributed by atoms with E-state index in [0.717, 1.165) is 13.1 Å². The summed E-state index contributed by atoms with van der Waals surface area (Å²) in [6.45, 7) is 1.49. The first-order chi connectivity index (χ1) is 11.0. The summed E-state index contributed by atoms with van der Waals surface area (Å²) in [7, 11) is 1.71. The van der Waals surface area contributed by atoms with E-state index in [4.69, 9.17) is 5.73 Å². The maximum atomic E-state index is 13.0. The van der Waals surface area contributed by atoms with Crippen molar-refractivity contribution in [2.75, 3.05) is 18.4 Å². The van der Waals surface area contributed by atoms with Crippen LogP contribution in [-0.2, 0) is 17.4 Å². The number of primary amides is 1. The van der Waals surface area contributed by atoms with Crippen LogP contribution in [0.3, 0.4) is 0 Å². The van der Waals surface area contributed by atoms with Gasteiger partial charge in [-0.05, 0) is 38.1 Å². The first-order valence-corrected chi connectivity index (χ1v) is 7.51. The minimum absolute atomic E-state index is 0.135. The predicted octanol–water partition coefficient (Wildman–Crippen LogP) is 0.0379. The van der Waals surface area contributed by atoms with Crippen LogP contribution in [-0.4, -0.2) is 39.3 Å². The van der Waals surface area contributed by atoms with Crippen molar-refractivity contribution in [2.24, 2.45) is 12.8 Å². The summed E-state index contributed by atoms with van der Waals surface area (Å²) < 4.78 is 3.32. The lowest BCUT2D eigenvalue weighted by molar-refractivity contribution is -0.126. The molecule has 122 valence electrons. The monoisotopic (exact) mass is 316 g/mol. The number of carbonyl (C=O) groups excluding carboxylic acids is 2. The number of nitrogens with zero attached hydrogens (tertiary/aromatic N) is 3. The van der Waals surface area contributed by atoms with Crippen molar-refractivity contribution in [1.82, 2.24) is 19.7 Å². The molecule has 1 fully saturated rings. The average Bonchev–Trinajstić information content (AvgIpc) is 3.18. The third kappa shape index (κ3) is 2.72. The molecule has 0 aromatic carbocycles. The number of aromatic nitrogens is 3. The van der Waals surface area contributed by atoms with E-state index in [-0.39, 0.29) is 5.91 Å². The quantitative estimate of drug-likeness (QED) is 0.740. The Labute approximate surface area is 133 Å². The Morgan fingerprint density at radius 3 is 2.70 bits per heavy atom.